The fourth-order valence-electron chi connectivity index (χ4n) is 3.27. The Morgan fingerprint density at radius 2 is 2.00 bits per heavy atom. The first-order valence-corrected chi connectivity index (χ1v) is 7.63. The molecule has 2 heterocycles. The molecule has 0 aliphatic carbocycles. The molecule has 104 valence electrons. The Labute approximate surface area is 115 Å². The van der Waals surface area contributed by atoms with Crippen molar-refractivity contribution in [3.05, 3.63) is 23.8 Å². The maximum Gasteiger partial charge on any atom is 0.118 e. The predicted molar refractivity (Wildman–Crippen MR) is 78.9 cm³/mol. The van der Waals surface area contributed by atoms with E-state index < -0.39 is 0 Å². The van der Waals surface area contributed by atoms with Gasteiger partial charge in [0.15, 0.2) is 0 Å². The van der Waals surface area contributed by atoms with Crippen LogP contribution in [0.4, 0.5) is 5.69 Å². The van der Waals surface area contributed by atoms with Gasteiger partial charge in [0.05, 0.1) is 0 Å². The van der Waals surface area contributed by atoms with Crippen LogP contribution in [0.3, 0.4) is 0 Å². The number of hydrogen-bond donors (Lipinski definition) is 2. The lowest BCUT2D eigenvalue weighted by Gasteiger charge is -2.25. The molecule has 2 saturated heterocycles. The number of nitrogens with zero attached hydrogens (tertiary/aromatic N) is 1. The van der Waals surface area contributed by atoms with Crippen LogP contribution in [0.15, 0.2) is 18.2 Å². The summed E-state index contributed by atoms with van der Waals surface area (Å²) in [5.74, 6) is 0.454. The Morgan fingerprint density at radius 3 is 2.74 bits per heavy atom. The van der Waals surface area contributed by atoms with Crippen LogP contribution in [0.5, 0.6) is 5.75 Å². The fraction of sp³-hybridized carbons (Fsp3) is 0.625. The van der Waals surface area contributed by atoms with E-state index >= 15 is 0 Å². The Bertz CT molecular complexity index is 421. The minimum atomic E-state index is 0.454. The van der Waals surface area contributed by atoms with E-state index in [-0.39, 0.29) is 0 Å². The van der Waals surface area contributed by atoms with Crippen molar-refractivity contribution in [1.29, 1.82) is 0 Å². The quantitative estimate of drug-likeness (QED) is 0.877. The van der Waals surface area contributed by atoms with Gasteiger partial charge in [0, 0.05) is 24.8 Å². The number of aromatic hydroxyl groups is 1. The van der Waals surface area contributed by atoms with Crippen LogP contribution in [0.2, 0.25) is 0 Å². The summed E-state index contributed by atoms with van der Waals surface area (Å²) in [6, 6.07) is 6.65. The molecule has 0 bridgehead atoms. The monoisotopic (exact) mass is 260 g/mol. The molecule has 1 aromatic carbocycles. The van der Waals surface area contributed by atoms with Crippen molar-refractivity contribution in [3.63, 3.8) is 0 Å². The van der Waals surface area contributed by atoms with Crippen molar-refractivity contribution in [2.45, 2.75) is 44.6 Å². The summed E-state index contributed by atoms with van der Waals surface area (Å²) in [4.78, 5) is 2.43. The Hall–Kier alpha value is -1.22. The van der Waals surface area contributed by atoms with Crippen molar-refractivity contribution in [2.24, 2.45) is 0 Å². The van der Waals surface area contributed by atoms with E-state index in [9.17, 15) is 5.11 Å². The third kappa shape index (κ3) is 3.03. The molecule has 2 aliphatic heterocycles. The van der Waals surface area contributed by atoms with Gasteiger partial charge in [-0.15, -0.1) is 0 Å². The third-order valence-corrected chi connectivity index (χ3v) is 4.41. The molecule has 0 saturated carbocycles. The van der Waals surface area contributed by atoms with Gasteiger partial charge in [0.25, 0.3) is 0 Å². The van der Waals surface area contributed by atoms with Gasteiger partial charge < -0.3 is 15.3 Å². The minimum absolute atomic E-state index is 0.454. The van der Waals surface area contributed by atoms with E-state index in [0.29, 0.717) is 11.8 Å². The normalized spacial score (nSPS) is 23.8. The maximum absolute atomic E-state index is 10.1. The summed E-state index contributed by atoms with van der Waals surface area (Å²) in [5, 5.41) is 13.6. The van der Waals surface area contributed by atoms with E-state index in [1.807, 2.05) is 6.07 Å². The van der Waals surface area contributed by atoms with Crippen LogP contribution in [-0.4, -0.2) is 30.8 Å². The molecule has 19 heavy (non-hydrogen) atoms. The number of phenols is 1. The van der Waals surface area contributed by atoms with Crippen molar-refractivity contribution >= 4 is 5.69 Å². The highest BCUT2D eigenvalue weighted by atomic mass is 16.3. The summed E-state index contributed by atoms with van der Waals surface area (Å²) in [5.41, 5.74) is 2.38. The van der Waals surface area contributed by atoms with Gasteiger partial charge in [-0.05, 0) is 62.4 Å². The second-order valence-electron chi connectivity index (χ2n) is 5.86. The molecule has 2 fully saturated rings. The van der Waals surface area contributed by atoms with Gasteiger partial charge in [-0.3, -0.25) is 0 Å². The summed E-state index contributed by atoms with van der Waals surface area (Å²) >= 11 is 0. The smallest absolute Gasteiger partial charge is 0.118 e. The van der Waals surface area contributed by atoms with Crippen molar-refractivity contribution in [2.75, 3.05) is 24.5 Å². The van der Waals surface area contributed by atoms with Crippen molar-refractivity contribution in [3.8, 4) is 5.75 Å². The van der Waals surface area contributed by atoms with E-state index in [0.717, 1.165) is 31.6 Å². The van der Waals surface area contributed by atoms with Gasteiger partial charge in [-0.1, -0.05) is 6.42 Å². The lowest BCUT2D eigenvalue weighted by Crippen LogP contribution is -2.35. The predicted octanol–water partition coefficient (Wildman–Crippen LogP) is 2.68. The molecule has 3 rings (SSSR count). The highest BCUT2D eigenvalue weighted by Gasteiger charge is 2.17. The van der Waals surface area contributed by atoms with Crippen LogP contribution in [0, 0.1) is 0 Å². The second-order valence-corrected chi connectivity index (χ2v) is 5.86. The largest absolute Gasteiger partial charge is 0.508 e. The molecule has 1 atom stereocenters. The number of piperidine rings is 1. The summed E-state index contributed by atoms with van der Waals surface area (Å²) in [6.07, 6.45) is 7.36. The van der Waals surface area contributed by atoms with Gasteiger partial charge in [-0.25, -0.2) is 0 Å². The molecule has 0 radical (unpaired) electrons. The zero-order chi connectivity index (χ0) is 13.1. The number of anilines is 1. The zero-order valence-corrected chi connectivity index (χ0v) is 11.6. The fourth-order valence-corrected chi connectivity index (χ4v) is 3.27. The average molecular weight is 260 g/mol. The Kier molecular flexibility index (Phi) is 3.92. The molecule has 1 unspecified atom stereocenters. The summed E-state index contributed by atoms with van der Waals surface area (Å²) in [7, 11) is 0. The lowest BCUT2D eigenvalue weighted by atomic mass is 9.97. The number of benzene rings is 1. The molecular formula is C16H24N2O. The number of phenolic OH excluding ortho intramolecular Hbond substituents is 1. The van der Waals surface area contributed by atoms with Crippen LogP contribution in [0.25, 0.3) is 0 Å². The number of nitrogens with one attached hydrogen (secondary N) is 1. The Morgan fingerprint density at radius 1 is 1.16 bits per heavy atom. The van der Waals surface area contributed by atoms with E-state index in [4.69, 9.17) is 0 Å². The van der Waals surface area contributed by atoms with E-state index in [2.05, 4.69) is 22.3 Å². The van der Waals surface area contributed by atoms with Crippen molar-refractivity contribution < 1.29 is 5.11 Å². The topological polar surface area (TPSA) is 35.5 Å². The first kappa shape index (κ1) is 12.8. The number of rotatable bonds is 3. The molecule has 2 aliphatic rings. The summed E-state index contributed by atoms with van der Waals surface area (Å²) in [6.45, 7) is 3.44. The highest BCUT2D eigenvalue weighted by molar-refractivity contribution is 5.53. The highest BCUT2D eigenvalue weighted by Crippen LogP contribution is 2.28. The molecule has 1 aromatic rings. The van der Waals surface area contributed by atoms with Crippen LogP contribution in [0.1, 0.15) is 37.7 Å². The van der Waals surface area contributed by atoms with E-state index in [1.165, 1.54) is 37.8 Å². The number of hydrogen-bond acceptors (Lipinski definition) is 3. The average Bonchev–Trinajstić information content (AvgIpc) is 2.96. The molecule has 3 nitrogen and oxygen atoms in total. The van der Waals surface area contributed by atoms with Gasteiger partial charge in [-0.2, -0.15) is 0 Å². The van der Waals surface area contributed by atoms with Gasteiger partial charge in [0.2, 0.25) is 0 Å². The first-order valence-electron chi connectivity index (χ1n) is 7.63. The van der Waals surface area contributed by atoms with Gasteiger partial charge in [0.1, 0.15) is 5.75 Å². The minimum Gasteiger partial charge on any atom is -0.508 e. The van der Waals surface area contributed by atoms with Crippen LogP contribution >= 0.6 is 0 Å². The first-order chi connectivity index (χ1) is 9.33. The lowest BCUT2D eigenvalue weighted by molar-refractivity contribution is 0.392. The zero-order valence-electron chi connectivity index (χ0n) is 11.6. The SMILES string of the molecule is Oc1ccc(N2CCCC2)cc1CC1CCCCN1. The standard InChI is InChI=1S/C16H24N2O/c19-16-7-6-15(18-9-3-4-10-18)12-13(16)11-14-5-1-2-8-17-14/h6-7,12,14,17,19H,1-5,8-11H2. The second kappa shape index (κ2) is 5.83. The molecule has 0 spiro atoms. The molecule has 0 amide bonds. The van der Waals surface area contributed by atoms with Gasteiger partial charge >= 0.3 is 0 Å². The maximum atomic E-state index is 10.1. The van der Waals surface area contributed by atoms with Crippen LogP contribution in [-0.2, 0) is 6.42 Å². The summed E-state index contributed by atoms with van der Waals surface area (Å²) < 4.78 is 0. The molecule has 2 N–H and O–H groups in total. The molecular weight excluding hydrogens is 236 g/mol. The van der Waals surface area contributed by atoms with E-state index in [1.54, 1.807) is 0 Å². The third-order valence-electron chi connectivity index (χ3n) is 4.41. The molecule has 0 aromatic heterocycles. The van der Waals surface area contributed by atoms with Crippen molar-refractivity contribution in [1.82, 2.24) is 5.32 Å². The Balaban J connectivity index is 1.73. The molecule has 3 heteroatoms. The van der Waals surface area contributed by atoms with Crippen LogP contribution < -0.4 is 10.2 Å².